The molecule has 0 saturated carbocycles. The van der Waals surface area contributed by atoms with Gasteiger partial charge in [0, 0.05) is 48.7 Å². The summed E-state index contributed by atoms with van der Waals surface area (Å²) in [5, 5.41) is 8.95. The number of aromatic nitrogens is 2. The summed E-state index contributed by atoms with van der Waals surface area (Å²) in [6.07, 6.45) is 0.345. The van der Waals surface area contributed by atoms with Gasteiger partial charge in [-0.25, -0.2) is 9.59 Å². The van der Waals surface area contributed by atoms with Crippen molar-refractivity contribution in [3.63, 3.8) is 0 Å². The predicted octanol–water partition coefficient (Wildman–Crippen LogP) is 9.77. The number of anilines is 2. The molecule has 3 heterocycles. The van der Waals surface area contributed by atoms with Crippen molar-refractivity contribution in [1.29, 1.82) is 0 Å². The van der Waals surface area contributed by atoms with Crippen molar-refractivity contribution in [3.05, 3.63) is 131 Å². The Labute approximate surface area is 363 Å². The summed E-state index contributed by atoms with van der Waals surface area (Å²) in [5.41, 5.74) is 6.35. The van der Waals surface area contributed by atoms with Crippen molar-refractivity contribution in [2.45, 2.75) is 78.3 Å². The molecule has 1 aromatic heterocycles. The van der Waals surface area contributed by atoms with E-state index in [1.807, 2.05) is 89.6 Å². The van der Waals surface area contributed by atoms with Crippen LogP contribution in [-0.4, -0.2) is 82.9 Å². The Balaban J connectivity index is 0.000000210. The van der Waals surface area contributed by atoms with Crippen LogP contribution in [0.2, 0.25) is 0 Å². The minimum absolute atomic E-state index is 0.00662. The number of halogens is 4. The molecule has 0 unspecified atom stereocenters. The first-order valence-corrected chi connectivity index (χ1v) is 21.0. The largest absolute Gasteiger partial charge is 0.415 e. The maximum absolute atomic E-state index is 13.3. The number of alkyl halides is 4. The lowest BCUT2D eigenvalue weighted by atomic mass is 10.1. The maximum Gasteiger partial charge on any atom is 0.324 e. The fraction of sp³-hybridized carbons (Fsp3) is 0.362. The van der Waals surface area contributed by atoms with Crippen molar-refractivity contribution >= 4 is 35.1 Å². The fourth-order valence-corrected chi connectivity index (χ4v) is 7.34. The van der Waals surface area contributed by atoms with Gasteiger partial charge in [-0.05, 0) is 111 Å². The summed E-state index contributed by atoms with van der Waals surface area (Å²) in [5.74, 6) is -2.59. The smallest absolute Gasteiger partial charge is 0.324 e. The molecule has 2 aliphatic rings. The maximum atomic E-state index is 13.3. The Morgan fingerprint density at radius 3 is 1.56 bits per heavy atom. The highest BCUT2D eigenvalue weighted by Crippen LogP contribution is 2.27. The molecule has 0 atom stereocenters. The first-order chi connectivity index (χ1) is 30.4. The first kappa shape index (κ1) is 45.9. The van der Waals surface area contributed by atoms with Crippen molar-refractivity contribution in [3.8, 4) is 11.5 Å². The molecule has 2 saturated heterocycles. The van der Waals surface area contributed by atoms with E-state index in [0.717, 1.165) is 98.3 Å². The molecule has 0 radical (unpaired) electrons. The fourth-order valence-electron chi connectivity index (χ4n) is 7.34. The second-order valence-electron chi connectivity index (χ2n) is 15.6. The molecule has 2 aliphatic heterocycles. The summed E-state index contributed by atoms with van der Waals surface area (Å²) in [7, 11) is 0. The zero-order chi connectivity index (χ0) is 44.9. The highest BCUT2D eigenvalue weighted by Gasteiger charge is 2.26. The molecule has 1 N–H and O–H groups in total. The molecule has 5 amide bonds. The van der Waals surface area contributed by atoms with Crippen molar-refractivity contribution in [2.75, 3.05) is 42.5 Å². The number of Topliss-reactive ketones (excluding diaryl/α,β-unsaturated/α-hetero) is 1. The molecule has 16 heteroatoms. The molecule has 2 fully saturated rings. The number of piperidine rings is 2. The minimum atomic E-state index is -3.16. The molecule has 63 heavy (non-hydrogen) atoms. The summed E-state index contributed by atoms with van der Waals surface area (Å²) in [4.78, 5) is 57.0. The van der Waals surface area contributed by atoms with E-state index in [2.05, 4.69) is 10.2 Å². The number of hydrogen-bond acceptors (Lipinski definition) is 7. The Bertz CT molecular complexity index is 2310. The molecule has 7 rings (SSSR count). The van der Waals surface area contributed by atoms with Gasteiger partial charge in [0.15, 0.2) is 5.78 Å². The van der Waals surface area contributed by atoms with Crippen molar-refractivity contribution in [1.82, 2.24) is 25.3 Å². The van der Waals surface area contributed by atoms with Crippen LogP contribution in [0.5, 0.6) is 0 Å². The number of hydrogen-bond donors (Lipinski definition) is 1. The van der Waals surface area contributed by atoms with E-state index in [-0.39, 0.29) is 18.0 Å². The van der Waals surface area contributed by atoms with Crippen molar-refractivity contribution < 1.29 is 41.2 Å². The van der Waals surface area contributed by atoms with Gasteiger partial charge in [0.2, 0.25) is 5.89 Å². The Kier molecular flexibility index (Phi) is 16.0. The zero-order valence-electron chi connectivity index (χ0n) is 35.3. The third kappa shape index (κ3) is 12.7. The predicted molar refractivity (Wildman–Crippen MR) is 231 cm³/mol. The van der Waals surface area contributed by atoms with Crippen LogP contribution >= 0.6 is 0 Å². The number of amides is 5. The van der Waals surface area contributed by atoms with Gasteiger partial charge in [0.25, 0.3) is 11.8 Å². The normalized spacial score (nSPS) is 13.9. The lowest BCUT2D eigenvalue weighted by Crippen LogP contribution is -2.45. The third-order valence-electron chi connectivity index (χ3n) is 10.7. The molecular weight excluding hydrogens is 819 g/mol. The number of rotatable bonds is 12. The van der Waals surface area contributed by atoms with Crippen molar-refractivity contribution in [2.24, 2.45) is 0 Å². The lowest BCUT2D eigenvalue weighted by Gasteiger charge is -2.33. The second-order valence-corrected chi connectivity index (χ2v) is 15.6. The number of aryl methyl sites for hydroxylation is 2. The van der Waals surface area contributed by atoms with Crippen LogP contribution in [0.25, 0.3) is 11.5 Å². The van der Waals surface area contributed by atoms with Gasteiger partial charge in [-0.1, -0.05) is 60.7 Å². The number of benzene rings is 4. The standard InChI is InChI=1S/C24H27F2N3O3.C23H24F2N4O2/c1-17-6-5-7-20(14-17)29(24(32)28-12-3-2-4-13-28)16-18-8-10-19(11-9-18)21(30)15-27-23(31)22(25)26;1-16-6-5-7-19(14-16)29(23(30)28-12-3-2-4-13-28)15-17-8-10-18(11-9-17)21-26-27-22(31-21)20(24)25/h5-11,14,22H,2-4,12-13,15-16H2,1H3,(H,27,31);5-11,14,20H,2-4,12-13,15H2,1H3. The van der Waals surface area contributed by atoms with Gasteiger partial charge in [0.05, 0.1) is 19.6 Å². The van der Waals surface area contributed by atoms with Crippen LogP contribution in [-0.2, 0) is 17.9 Å². The van der Waals surface area contributed by atoms with Crippen LogP contribution in [0.15, 0.2) is 101 Å². The van der Waals surface area contributed by atoms with Crippen LogP contribution in [0.3, 0.4) is 0 Å². The average Bonchev–Trinajstić information content (AvgIpc) is 3.81. The summed E-state index contributed by atoms with van der Waals surface area (Å²) >= 11 is 0. The molecule has 0 aliphatic carbocycles. The summed E-state index contributed by atoms with van der Waals surface area (Å²) < 4.78 is 54.9. The number of carbonyl (C=O) groups is 4. The van der Waals surface area contributed by atoms with E-state index in [1.165, 1.54) is 0 Å². The highest BCUT2D eigenvalue weighted by atomic mass is 19.3. The Morgan fingerprint density at radius 1 is 0.651 bits per heavy atom. The van der Waals surface area contributed by atoms with Crippen LogP contribution < -0.4 is 15.1 Å². The van der Waals surface area contributed by atoms with Gasteiger partial charge < -0.3 is 19.5 Å². The van der Waals surface area contributed by atoms with E-state index < -0.39 is 37.0 Å². The van der Waals surface area contributed by atoms with Gasteiger partial charge >= 0.3 is 24.9 Å². The quantitative estimate of drug-likeness (QED) is 0.0976. The van der Waals surface area contributed by atoms with Crippen LogP contribution in [0.1, 0.15) is 83.5 Å². The molecule has 0 spiro atoms. The van der Waals surface area contributed by atoms with E-state index in [1.54, 1.807) is 46.2 Å². The monoisotopic (exact) mass is 869 g/mol. The number of nitrogens with one attached hydrogen (secondary N) is 1. The van der Waals surface area contributed by atoms with E-state index in [0.29, 0.717) is 24.2 Å². The van der Waals surface area contributed by atoms with E-state index >= 15 is 0 Å². The number of likely N-dealkylation sites (tertiary alicyclic amines) is 2. The van der Waals surface area contributed by atoms with Gasteiger partial charge in [-0.15, -0.1) is 10.2 Å². The Hall–Kier alpha value is -6.58. The van der Waals surface area contributed by atoms with Gasteiger partial charge in [0.1, 0.15) is 0 Å². The van der Waals surface area contributed by atoms with Gasteiger partial charge in [-0.3, -0.25) is 19.4 Å². The Morgan fingerprint density at radius 2 is 1.13 bits per heavy atom. The highest BCUT2D eigenvalue weighted by molar-refractivity contribution is 5.99. The molecule has 5 aromatic rings. The van der Waals surface area contributed by atoms with Gasteiger partial charge in [-0.2, -0.15) is 17.6 Å². The number of ketones is 1. The topological polar surface area (TPSA) is 132 Å². The average molecular weight is 870 g/mol. The number of carbonyl (C=O) groups excluding carboxylic acids is 4. The number of urea groups is 2. The minimum Gasteiger partial charge on any atom is -0.415 e. The SMILES string of the molecule is Cc1cccc(N(Cc2ccc(-c3nnc(C(F)F)o3)cc2)C(=O)N2CCCCC2)c1.Cc1cccc(N(Cc2ccc(C(=O)CNC(=O)C(F)F)cc2)C(=O)N2CCCCC2)c1. The molecule has 4 aromatic carbocycles. The first-order valence-electron chi connectivity index (χ1n) is 21.0. The molecular formula is C47H51F4N7O5. The molecule has 12 nitrogen and oxygen atoms in total. The molecule has 332 valence electrons. The summed E-state index contributed by atoms with van der Waals surface area (Å²) in [6, 6.07) is 29.3. The van der Waals surface area contributed by atoms with E-state index in [9.17, 15) is 36.7 Å². The lowest BCUT2D eigenvalue weighted by molar-refractivity contribution is -0.131. The van der Waals surface area contributed by atoms with Crippen LogP contribution in [0, 0.1) is 13.8 Å². The zero-order valence-corrected chi connectivity index (χ0v) is 35.3. The second kappa shape index (κ2) is 22.0. The third-order valence-corrected chi connectivity index (χ3v) is 10.7. The molecule has 0 bridgehead atoms. The summed E-state index contributed by atoms with van der Waals surface area (Å²) in [6.45, 7) is 7.21. The van der Waals surface area contributed by atoms with E-state index in [4.69, 9.17) is 4.42 Å². The van der Waals surface area contributed by atoms with Crippen LogP contribution in [0.4, 0.5) is 38.5 Å². The number of nitrogens with zero attached hydrogens (tertiary/aromatic N) is 6.